The summed E-state index contributed by atoms with van der Waals surface area (Å²) in [7, 11) is 0. The van der Waals surface area contributed by atoms with E-state index in [1.54, 1.807) is 5.32 Å². The average molecular weight is 152 g/mol. The minimum absolute atomic E-state index is 1.04. The Morgan fingerprint density at radius 2 is 1.90 bits per heavy atom. The Bertz CT molecular complexity index is 139. The lowest BCUT2D eigenvalue weighted by molar-refractivity contribution is -0.120. The maximum absolute atomic E-state index is 11.3. The number of alkyl halides is 2. The molecular formula is C4H6F2N2O2. The maximum atomic E-state index is 11.3. The normalized spacial score (nSPS) is 8.60. The molecule has 0 aromatic rings. The van der Waals surface area contributed by atoms with E-state index in [4.69, 9.17) is 0 Å². The van der Waals surface area contributed by atoms with Gasteiger partial charge in [0.05, 0.1) is 0 Å². The molecule has 10 heavy (non-hydrogen) atoms. The van der Waals surface area contributed by atoms with E-state index in [2.05, 4.69) is 0 Å². The molecule has 0 heterocycles. The van der Waals surface area contributed by atoms with E-state index in [0.29, 0.717) is 0 Å². The van der Waals surface area contributed by atoms with E-state index < -0.39 is 25.4 Å². The van der Waals surface area contributed by atoms with Gasteiger partial charge in [-0.2, -0.15) is 0 Å². The summed E-state index contributed by atoms with van der Waals surface area (Å²) in [4.78, 5) is 20.2. The zero-order chi connectivity index (χ0) is 7.98. The van der Waals surface area contributed by atoms with Gasteiger partial charge in [0.2, 0.25) is 0 Å². The second-order valence-electron chi connectivity index (χ2n) is 1.32. The highest BCUT2D eigenvalue weighted by molar-refractivity contribution is 5.94. The molecule has 0 aromatic carbocycles. The molecule has 0 rings (SSSR count). The van der Waals surface area contributed by atoms with Gasteiger partial charge in [0, 0.05) is 0 Å². The van der Waals surface area contributed by atoms with Crippen LogP contribution < -0.4 is 10.6 Å². The van der Waals surface area contributed by atoms with E-state index in [1.165, 1.54) is 5.32 Å². The van der Waals surface area contributed by atoms with E-state index in [9.17, 15) is 18.4 Å². The standard InChI is InChI=1S/C4H6F2N2O2/c5-1-3(9)8-4(10)7-2-6/h1-2H2,(H2,7,8,9,10). The van der Waals surface area contributed by atoms with Crippen molar-refractivity contribution in [2.75, 3.05) is 13.5 Å². The van der Waals surface area contributed by atoms with Crippen molar-refractivity contribution >= 4 is 11.9 Å². The topological polar surface area (TPSA) is 58.2 Å². The van der Waals surface area contributed by atoms with Crippen molar-refractivity contribution in [3.8, 4) is 0 Å². The lowest BCUT2D eigenvalue weighted by Crippen LogP contribution is -2.39. The Morgan fingerprint density at radius 3 is 2.30 bits per heavy atom. The molecule has 0 unspecified atom stereocenters. The largest absolute Gasteiger partial charge is 0.323 e. The molecular weight excluding hydrogens is 146 g/mol. The van der Waals surface area contributed by atoms with Gasteiger partial charge in [-0.15, -0.1) is 0 Å². The maximum Gasteiger partial charge on any atom is 0.323 e. The number of hydrogen-bond donors (Lipinski definition) is 2. The quantitative estimate of drug-likeness (QED) is 0.534. The first-order valence-electron chi connectivity index (χ1n) is 2.40. The molecule has 0 radical (unpaired) electrons. The zero-order valence-corrected chi connectivity index (χ0v) is 4.99. The van der Waals surface area contributed by atoms with Gasteiger partial charge in [-0.3, -0.25) is 10.1 Å². The predicted molar refractivity (Wildman–Crippen MR) is 28.6 cm³/mol. The Kier molecular flexibility index (Phi) is 4.10. The number of imide groups is 1. The third kappa shape index (κ3) is 3.76. The minimum Gasteiger partial charge on any atom is -0.310 e. The number of nitrogens with one attached hydrogen (secondary N) is 2. The molecule has 2 N–H and O–H groups in total. The van der Waals surface area contributed by atoms with Crippen LogP contribution in [0.25, 0.3) is 0 Å². The summed E-state index contributed by atoms with van der Waals surface area (Å²) >= 11 is 0. The number of hydrogen-bond acceptors (Lipinski definition) is 2. The molecule has 4 nitrogen and oxygen atoms in total. The summed E-state index contributed by atoms with van der Waals surface area (Å²) in [5, 5.41) is 3.13. The van der Waals surface area contributed by atoms with Crippen LogP contribution in [0.2, 0.25) is 0 Å². The first kappa shape index (κ1) is 8.80. The number of halogens is 2. The van der Waals surface area contributed by atoms with E-state index in [1.807, 2.05) is 0 Å². The monoisotopic (exact) mass is 152 g/mol. The molecule has 0 aliphatic heterocycles. The Hall–Kier alpha value is -1.20. The van der Waals surface area contributed by atoms with Crippen LogP contribution in [0.4, 0.5) is 13.6 Å². The van der Waals surface area contributed by atoms with E-state index >= 15 is 0 Å². The molecule has 3 amide bonds. The van der Waals surface area contributed by atoms with Crippen molar-refractivity contribution in [1.29, 1.82) is 0 Å². The van der Waals surface area contributed by atoms with Gasteiger partial charge in [0.15, 0.2) is 13.5 Å². The lowest BCUT2D eigenvalue weighted by Gasteiger charge is -1.98. The molecule has 0 spiro atoms. The van der Waals surface area contributed by atoms with Crippen LogP contribution in [0.15, 0.2) is 0 Å². The second-order valence-corrected chi connectivity index (χ2v) is 1.32. The third-order valence-electron chi connectivity index (χ3n) is 0.602. The first-order valence-corrected chi connectivity index (χ1v) is 2.40. The van der Waals surface area contributed by atoms with Crippen molar-refractivity contribution in [3.05, 3.63) is 0 Å². The SMILES string of the molecule is O=C(CF)NC(=O)NCF. The van der Waals surface area contributed by atoms with E-state index in [-0.39, 0.29) is 0 Å². The minimum atomic E-state index is -1.29. The fraction of sp³-hybridized carbons (Fsp3) is 0.500. The molecule has 58 valence electrons. The van der Waals surface area contributed by atoms with Gasteiger partial charge in [-0.25, -0.2) is 13.6 Å². The van der Waals surface area contributed by atoms with Crippen molar-refractivity contribution in [2.24, 2.45) is 0 Å². The highest BCUT2D eigenvalue weighted by atomic mass is 19.1. The number of amides is 3. The van der Waals surface area contributed by atoms with Gasteiger partial charge in [-0.05, 0) is 0 Å². The fourth-order valence-electron chi connectivity index (χ4n) is 0.265. The van der Waals surface area contributed by atoms with Crippen LogP contribution in [-0.2, 0) is 4.79 Å². The van der Waals surface area contributed by atoms with Crippen LogP contribution >= 0.6 is 0 Å². The summed E-state index contributed by atoms with van der Waals surface area (Å²) in [6.45, 7) is -2.38. The molecule has 0 aromatic heterocycles. The summed E-state index contributed by atoms with van der Waals surface area (Å²) in [6.07, 6.45) is 0. The fourth-order valence-corrected chi connectivity index (χ4v) is 0.265. The smallest absolute Gasteiger partial charge is 0.310 e. The molecule has 0 saturated carbocycles. The molecule has 0 saturated heterocycles. The molecule has 0 aliphatic rings. The van der Waals surface area contributed by atoms with Crippen molar-refractivity contribution in [2.45, 2.75) is 0 Å². The van der Waals surface area contributed by atoms with Gasteiger partial charge in [-0.1, -0.05) is 0 Å². The van der Waals surface area contributed by atoms with Crippen molar-refractivity contribution in [1.82, 2.24) is 10.6 Å². The third-order valence-corrected chi connectivity index (χ3v) is 0.602. The van der Waals surface area contributed by atoms with Crippen LogP contribution in [0.3, 0.4) is 0 Å². The Morgan fingerprint density at radius 1 is 1.30 bits per heavy atom. The van der Waals surface area contributed by atoms with Crippen LogP contribution in [0.1, 0.15) is 0 Å². The van der Waals surface area contributed by atoms with Crippen molar-refractivity contribution in [3.63, 3.8) is 0 Å². The average Bonchev–Trinajstić information content (AvgIpc) is 1.88. The van der Waals surface area contributed by atoms with E-state index in [0.717, 1.165) is 0 Å². The van der Waals surface area contributed by atoms with Gasteiger partial charge in [0.1, 0.15) is 0 Å². The predicted octanol–water partition coefficient (Wildman–Crippen LogP) is -0.291. The Labute approximate surface area is 55.6 Å². The van der Waals surface area contributed by atoms with Crippen LogP contribution in [-0.4, -0.2) is 25.4 Å². The molecule has 0 bridgehead atoms. The van der Waals surface area contributed by atoms with Gasteiger partial charge < -0.3 is 5.32 Å². The lowest BCUT2D eigenvalue weighted by atomic mass is 10.7. The summed E-state index contributed by atoms with van der Waals surface area (Å²) in [5.41, 5.74) is 0. The number of carbonyl (C=O) groups is 2. The highest BCUT2D eigenvalue weighted by Crippen LogP contribution is 1.70. The number of carbonyl (C=O) groups excluding carboxylic acids is 2. The zero-order valence-electron chi connectivity index (χ0n) is 4.99. The molecule has 0 fully saturated rings. The van der Waals surface area contributed by atoms with Gasteiger partial charge >= 0.3 is 6.03 Å². The molecule has 6 heteroatoms. The van der Waals surface area contributed by atoms with Crippen LogP contribution in [0, 0.1) is 0 Å². The number of urea groups is 1. The second kappa shape index (κ2) is 4.66. The van der Waals surface area contributed by atoms with Crippen molar-refractivity contribution < 1.29 is 18.4 Å². The molecule has 0 atom stereocenters. The number of rotatable bonds is 2. The summed E-state index contributed by atoms with van der Waals surface area (Å²) in [6, 6.07) is -1.04. The molecule has 0 aliphatic carbocycles. The summed E-state index contributed by atoms with van der Waals surface area (Å²) < 4.78 is 22.5. The Balaban J connectivity index is 3.47. The highest BCUT2D eigenvalue weighted by Gasteiger charge is 2.04. The summed E-state index contributed by atoms with van der Waals surface area (Å²) in [5.74, 6) is -1.09. The first-order chi connectivity index (χ1) is 4.70. The van der Waals surface area contributed by atoms with Crippen LogP contribution in [0.5, 0.6) is 0 Å². The van der Waals surface area contributed by atoms with Gasteiger partial charge in [0.25, 0.3) is 5.91 Å².